The number of hydrogen-bond donors (Lipinski definition) is 1. The highest BCUT2D eigenvalue weighted by Crippen LogP contribution is 2.30. The minimum atomic E-state index is -0.323. The number of nitrogens with zero attached hydrogens (tertiary/aromatic N) is 2. The van der Waals surface area contributed by atoms with E-state index in [2.05, 4.69) is 10.3 Å². The summed E-state index contributed by atoms with van der Waals surface area (Å²) in [4.78, 5) is 27.2. The fourth-order valence-electron chi connectivity index (χ4n) is 2.24. The summed E-state index contributed by atoms with van der Waals surface area (Å²) in [5.74, 6) is -0.558. The Labute approximate surface area is 125 Å². The molecule has 0 spiro atoms. The molecule has 21 heavy (non-hydrogen) atoms. The van der Waals surface area contributed by atoms with Gasteiger partial charge in [0.05, 0.1) is 4.91 Å². The minimum absolute atomic E-state index is 0.236. The van der Waals surface area contributed by atoms with Crippen LogP contribution in [0.4, 0.5) is 0 Å². The van der Waals surface area contributed by atoms with E-state index in [0.717, 1.165) is 16.5 Å². The van der Waals surface area contributed by atoms with Gasteiger partial charge >= 0.3 is 0 Å². The average molecular weight is 299 g/mol. The monoisotopic (exact) mass is 299 g/mol. The Bertz CT molecular complexity index is 817. The third-order valence-corrected chi connectivity index (χ3v) is 4.02. The molecule has 2 amide bonds. The van der Waals surface area contributed by atoms with Gasteiger partial charge in [0.2, 0.25) is 5.91 Å². The number of thioether (sulfide) groups is 1. The van der Waals surface area contributed by atoms with Crippen LogP contribution in [0.25, 0.3) is 17.0 Å². The van der Waals surface area contributed by atoms with Crippen molar-refractivity contribution >= 4 is 45.7 Å². The Hall–Kier alpha value is -2.34. The molecule has 1 aromatic heterocycles. The third-order valence-electron chi connectivity index (χ3n) is 3.12. The van der Waals surface area contributed by atoms with Gasteiger partial charge in [-0.1, -0.05) is 18.2 Å². The normalized spacial score (nSPS) is 16.6. The number of carbonyl (C=O) groups is 2. The molecule has 0 atom stereocenters. The number of carbonyl (C=O) groups excluding carboxylic acids is 2. The lowest BCUT2D eigenvalue weighted by molar-refractivity contribution is -0.117. The van der Waals surface area contributed by atoms with Crippen LogP contribution in [0.1, 0.15) is 12.5 Å². The number of aryl methyl sites for hydroxylation is 1. The molecule has 106 valence electrons. The molecule has 0 fully saturated rings. The largest absolute Gasteiger partial charge is 0.350 e. The Morgan fingerprint density at radius 3 is 2.90 bits per heavy atom. The number of para-hydroxylation sites is 1. The number of aliphatic imine (C=N–C) groups is 1. The van der Waals surface area contributed by atoms with Crippen LogP contribution in [0.5, 0.6) is 0 Å². The van der Waals surface area contributed by atoms with Crippen LogP contribution < -0.4 is 5.32 Å². The topological polar surface area (TPSA) is 63.5 Å². The first-order chi connectivity index (χ1) is 10.0. The number of nitrogens with one attached hydrogen (secondary N) is 1. The summed E-state index contributed by atoms with van der Waals surface area (Å²) in [5.41, 5.74) is 2.06. The number of fused-ring (bicyclic) bond motifs is 1. The Morgan fingerprint density at radius 2 is 2.14 bits per heavy atom. The molecule has 1 aromatic carbocycles. The van der Waals surface area contributed by atoms with E-state index in [1.807, 2.05) is 48.2 Å². The van der Waals surface area contributed by atoms with E-state index >= 15 is 0 Å². The van der Waals surface area contributed by atoms with Gasteiger partial charge in [0.1, 0.15) is 0 Å². The van der Waals surface area contributed by atoms with Gasteiger partial charge in [-0.3, -0.25) is 9.59 Å². The van der Waals surface area contributed by atoms with Gasteiger partial charge in [0.25, 0.3) is 5.91 Å². The lowest BCUT2D eigenvalue weighted by Crippen LogP contribution is -2.23. The molecular weight excluding hydrogens is 286 g/mol. The highest BCUT2D eigenvalue weighted by atomic mass is 32.2. The third kappa shape index (κ3) is 2.62. The van der Waals surface area contributed by atoms with Gasteiger partial charge in [-0.05, 0) is 23.9 Å². The zero-order chi connectivity index (χ0) is 15.0. The van der Waals surface area contributed by atoms with E-state index in [1.54, 1.807) is 0 Å². The average Bonchev–Trinajstić information content (AvgIpc) is 2.92. The van der Waals surface area contributed by atoms with Crippen LogP contribution in [-0.4, -0.2) is 21.5 Å². The maximum Gasteiger partial charge on any atom is 0.286 e. The summed E-state index contributed by atoms with van der Waals surface area (Å²) in [6.45, 7) is 1.39. The predicted molar refractivity (Wildman–Crippen MR) is 84.7 cm³/mol. The predicted octanol–water partition coefficient (Wildman–Crippen LogP) is 2.28. The van der Waals surface area contributed by atoms with Crippen molar-refractivity contribution in [3.8, 4) is 0 Å². The first kappa shape index (κ1) is 13.6. The van der Waals surface area contributed by atoms with Crippen molar-refractivity contribution < 1.29 is 9.59 Å². The van der Waals surface area contributed by atoms with Crippen molar-refractivity contribution in [2.75, 3.05) is 0 Å². The molecule has 0 unspecified atom stereocenters. The van der Waals surface area contributed by atoms with Crippen molar-refractivity contribution in [3.63, 3.8) is 0 Å². The van der Waals surface area contributed by atoms with Crippen molar-refractivity contribution in [3.05, 3.63) is 40.9 Å². The molecule has 6 heteroatoms. The van der Waals surface area contributed by atoms with Crippen LogP contribution in [-0.2, 0) is 16.6 Å². The van der Waals surface area contributed by atoms with Gasteiger partial charge in [0.15, 0.2) is 5.17 Å². The number of rotatable bonds is 1. The van der Waals surface area contributed by atoms with E-state index in [9.17, 15) is 9.59 Å². The summed E-state index contributed by atoms with van der Waals surface area (Å²) in [7, 11) is 1.97. The minimum Gasteiger partial charge on any atom is -0.350 e. The number of hydrogen-bond acceptors (Lipinski definition) is 3. The number of amidine groups is 1. The molecule has 2 heterocycles. The zero-order valence-electron chi connectivity index (χ0n) is 11.6. The molecule has 5 nitrogen and oxygen atoms in total. The van der Waals surface area contributed by atoms with Gasteiger partial charge in [-0.15, -0.1) is 0 Å². The van der Waals surface area contributed by atoms with E-state index in [1.165, 1.54) is 18.7 Å². The van der Waals surface area contributed by atoms with Crippen LogP contribution >= 0.6 is 11.8 Å². The molecular formula is C15H13N3O2S. The van der Waals surface area contributed by atoms with E-state index in [4.69, 9.17) is 0 Å². The van der Waals surface area contributed by atoms with Gasteiger partial charge < -0.3 is 9.88 Å². The van der Waals surface area contributed by atoms with Crippen LogP contribution in [0.2, 0.25) is 0 Å². The lowest BCUT2D eigenvalue weighted by atomic mass is 10.1. The fraction of sp³-hybridized carbons (Fsp3) is 0.133. The summed E-state index contributed by atoms with van der Waals surface area (Å²) in [6.07, 6.45) is 3.79. The first-order valence-corrected chi connectivity index (χ1v) is 7.20. The molecule has 3 rings (SSSR count). The molecule has 1 N–H and O–H groups in total. The Balaban J connectivity index is 1.95. The van der Waals surface area contributed by atoms with E-state index < -0.39 is 0 Å². The molecule has 0 saturated heterocycles. The highest BCUT2D eigenvalue weighted by Gasteiger charge is 2.23. The number of amides is 2. The molecule has 2 aromatic rings. The van der Waals surface area contributed by atoms with Crippen molar-refractivity contribution in [1.29, 1.82) is 0 Å². The van der Waals surface area contributed by atoms with Crippen molar-refractivity contribution in [2.24, 2.45) is 12.0 Å². The summed E-state index contributed by atoms with van der Waals surface area (Å²) in [5, 5.41) is 3.95. The van der Waals surface area contributed by atoms with Gasteiger partial charge in [-0.25, -0.2) is 0 Å². The highest BCUT2D eigenvalue weighted by molar-refractivity contribution is 8.18. The number of benzene rings is 1. The van der Waals surface area contributed by atoms with Gasteiger partial charge in [-0.2, -0.15) is 4.99 Å². The molecule has 1 aliphatic rings. The molecule has 1 aliphatic heterocycles. The quantitative estimate of drug-likeness (QED) is 0.822. The first-order valence-electron chi connectivity index (χ1n) is 6.39. The second-order valence-electron chi connectivity index (χ2n) is 4.73. The summed E-state index contributed by atoms with van der Waals surface area (Å²) in [6, 6.07) is 7.99. The summed E-state index contributed by atoms with van der Waals surface area (Å²) >= 11 is 1.18. The molecule has 0 saturated carbocycles. The van der Waals surface area contributed by atoms with Gasteiger partial charge in [0, 0.05) is 36.6 Å². The maximum absolute atomic E-state index is 11.9. The zero-order valence-corrected chi connectivity index (χ0v) is 12.4. The van der Waals surface area contributed by atoms with Crippen LogP contribution in [0.3, 0.4) is 0 Å². The van der Waals surface area contributed by atoms with Crippen molar-refractivity contribution in [1.82, 2.24) is 9.88 Å². The second-order valence-corrected chi connectivity index (χ2v) is 5.76. The van der Waals surface area contributed by atoms with E-state index in [0.29, 0.717) is 10.1 Å². The number of aromatic nitrogens is 1. The Kier molecular flexibility index (Phi) is 3.39. The van der Waals surface area contributed by atoms with E-state index in [-0.39, 0.29) is 11.8 Å². The SMILES string of the molecule is CC(=O)NC1=NC(=O)/C(=C\c2cn(C)c3ccccc23)S1. The smallest absolute Gasteiger partial charge is 0.286 e. The second kappa shape index (κ2) is 5.21. The van der Waals surface area contributed by atoms with Crippen LogP contribution in [0.15, 0.2) is 40.4 Å². The fourth-order valence-corrected chi connectivity index (χ4v) is 3.09. The molecule has 0 aliphatic carbocycles. The van der Waals surface area contributed by atoms with Crippen molar-refractivity contribution in [2.45, 2.75) is 6.92 Å². The van der Waals surface area contributed by atoms with Crippen LogP contribution in [0, 0.1) is 0 Å². The maximum atomic E-state index is 11.9. The molecule has 0 radical (unpaired) electrons. The summed E-state index contributed by atoms with van der Waals surface area (Å²) < 4.78 is 2.02. The standard InChI is InChI=1S/C15H13N3O2S/c1-9(19)16-15-17-14(20)13(21-15)7-10-8-18(2)12-6-4-3-5-11(10)12/h3-8H,1-2H3,(H,16,17,19,20)/b13-7+. The lowest BCUT2D eigenvalue weighted by Gasteiger charge is -1.97. The Morgan fingerprint density at radius 1 is 1.38 bits per heavy atom. The molecule has 0 bridgehead atoms.